The number of benzene rings is 1. The van der Waals surface area contributed by atoms with Crippen molar-refractivity contribution in [3.63, 3.8) is 0 Å². The first-order valence-electron chi connectivity index (χ1n) is 12.5. The standard InChI is InChI=1S/C26H34O5S/c27-25-10-16-4-17(11-25)7-23(6-16,14-25)20-2-1-3-21(22(20)32(29,30)31)24-8-18-5-19(9-24)13-26(28,12-18)15-24/h1-3,16-19,27-28H,4-15H2,(H,29,30,31)/p-1. The van der Waals surface area contributed by atoms with Crippen LogP contribution in [-0.2, 0) is 20.9 Å². The van der Waals surface area contributed by atoms with Crippen LogP contribution >= 0.6 is 0 Å². The molecule has 2 N–H and O–H groups in total. The van der Waals surface area contributed by atoms with Gasteiger partial charge in [0.15, 0.2) is 0 Å². The highest BCUT2D eigenvalue weighted by Crippen LogP contribution is 2.66. The Bertz CT molecular complexity index is 1010. The molecule has 0 aromatic heterocycles. The van der Waals surface area contributed by atoms with E-state index in [0.717, 1.165) is 64.2 Å². The lowest BCUT2D eigenvalue weighted by molar-refractivity contribution is -0.139. The van der Waals surface area contributed by atoms with Crippen molar-refractivity contribution in [3.8, 4) is 0 Å². The molecule has 8 bridgehead atoms. The van der Waals surface area contributed by atoms with E-state index in [4.69, 9.17) is 0 Å². The molecule has 174 valence electrons. The minimum absolute atomic E-state index is 0.0103. The summed E-state index contributed by atoms with van der Waals surface area (Å²) in [5.74, 6) is 1.64. The van der Waals surface area contributed by atoms with E-state index in [0.29, 0.717) is 47.6 Å². The summed E-state index contributed by atoms with van der Waals surface area (Å²) in [5, 5.41) is 22.6. The summed E-state index contributed by atoms with van der Waals surface area (Å²) in [5.41, 5.74) is -0.915. The average Bonchev–Trinajstić information content (AvgIpc) is 2.63. The Balaban J connectivity index is 1.43. The quantitative estimate of drug-likeness (QED) is 0.674. The van der Waals surface area contributed by atoms with Crippen molar-refractivity contribution < 1.29 is 23.2 Å². The summed E-state index contributed by atoms with van der Waals surface area (Å²) < 4.78 is 38.8. The van der Waals surface area contributed by atoms with Gasteiger partial charge in [-0.2, -0.15) is 0 Å². The molecule has 1 aromatic carbocycles. The van der Waals surface area contributed by atoms with Crippen molar-refractivity contribution in [2.75, 3.05) is 0 Å². The lowest BCUT2D eigenvalue weighted by Crippen LogP contribution is -2.58. The number of hydrogen-bond acceptors (Lipinski definition) is 5. The third kappa shape index (κ3) is 2.76. The molecule has 0 heterocycles. The van der Waals surface area contributed by atoms with Gasteiger partial charge in [0.2, 0.25) is 0 Å². The predicted octanol–water partition coefficient (Wildman–Crippen LogP) is 3.76. The Morgan fingerprint density at radius 3 is 1.41 bits per heavy atom. The third-order valence-electron chi connectivity index (χ3n) is 10.5. The van der Waals surface area contributed by atoms with Crippen LogP contribution in [0, 0.1) is 23.7 Å². The van der Waals surface area contributed by atoms with E-state index >= 15 is 0 Å². The van der Waals surface area contributed by atoms with Gasteiger partial charge in [-0.05, 0) is 123 Å². The Morgan fingerprint density at radius 1 is 0.719 bits per heavy atom. The first-order chi connectivity index (χ1) is 15.0. The lowest BCUT2D eigenvalue weighted by Gasteiger charge is -2.62. The van der Waals surface area contributed by atoms with Crippen molar-refractivity contribution in [1.82, 2.24) is 0 Å². The van der Waals surface area contributed by atoms with Crippen LogP contribution in [0.15, 0.2) is 23.1 Å². The Labute approximate surface area is 190 Å². The van der Waals surface area contributed by atoms with Gasteiger partial charge >= 0.3 is 0 Å². The van der Waals surface area contributed by atoms with Crippen molar-refractivity contribution in [2.24, 2.45) is 23.7 Å². The Morgan fingerprint density at radius 2 is 1.09 bits per heavy atom. The van der Waals surface area contributed by atoms with Gasteiger partial charge in [0, 0.05) is 0 Å². The van der Waals surface area contributed by atoms with Gasteiger partial charge in [-0.3, -0.25) is 0 Å². The summed E-state index contributed by atoms with van der Waals surface area (Å²) in [6, 6.07) is 5.70. The molecule has 4 unspecified atom stereocenters. The molecular weight excluding hydrogens is 424 g/mol. The van der Waals surface area contributed by atoms with Gasteiger partial charge in [-0.1, -0.05) is 18.2 Å². The van der Waals surface area contributed by atoms with Gasteiger partial charge in [-0.25, -0.2) is 8.42 Å². The van der Waals surface area contributed by atoms with Gasteiger partial charge in [0.25, 0.3) is 0 Å². The smallest absolute Gasteiger partial charge is 0.125 e. The molecule has 5 nitrogen and oxygen atoms in total. The third-order valence-corrected chi connectivity index (χ3v) is 11.4. The van der Waals surface area contributed by atoms with E-state index < -0.39 is 32.2 Å². The number of aliphatic hydroxyl groups is 2. The highest BCUT2D eigenvalue weighted by molar-refractivity contribution is 7.85. The maximum Gasteiger partial charge on any atom is 0.125 e. The van der Waals surface area contributed by atoms with E-state index in [2.05, 4.69) is 0 Å². The molecule has 8 saturated carbocycles. The van der Waals surface area contributed by atoms with Crippen LogP contribution in [0.3, 0.4) is 0 Å². The average molecular weight is 458 g/mol. The summed E-state index contributed by atoms with van der Waals surface area (Å²) in [6.07, 6.45) is 10.1. The van der Waals surface area contributed by atoms with Crippen LogP contribution in [0.25, 0.3) is 0 Å². The summed E-state index contributed by atoms with van der Waals surface area (Å²) >= 11 is 0. The van der Waals surface area contributed by atoms with Gasteiger partial charge < -0.3 is 14.8 Å². The molecule has 8 aliphatic rings. The van der Waals surface area contributed by atoms with Gasteiger partial charge in [-0.15, -0.1) is 0 Å². The topological polar surface area (TPSA) is 97.7 Å². The summed E-state index contributed by atoms with van der Waals surface area (Å²) in [4.78, 5) is 0.0103. The minimum atomic E-state index is -4.70. The zero-order valence-corrected chi connectivity index (χ0v) is 19.4. The van der Waals surface area contributed by atoms with E-state index in [-0.39, 0.29) is 4.90 Å². The molecule has 0 spiro atoms. The van der Waals surface area contributed by atoms with Gasteiger partial charge in [0.1, 0.15) is 10.1 Å². The summed E-state index contributed by atoms with van der Waals surface area (Å²) in [7, 11) is -4.70. The van der Waals surface area contributed by atoms with Crippen LogP contribution in [0.1, 0.15) is 88.2 Å². The first-order valence-corrected chi connectivity index (χ1v) is 13.9. The molecule has 9 rings (SSSR count). The Kier molecular flexibility index (Phi) is 3.83. The highest BCUT2D eigenvalue weighted by atomic mass is 32.2. The second kappa shape index (κ2) is 5.99. The largest absolute Gasteiger partial charge is 0.744 e. The minimum Gasteiger partial charge on any atom is -0.744 e. The zero-order chi connectivity index (χ0) is 22.1. The van der Waals surface area contributed by atoms with Crippen molar-refractivity contribution in [3.05, 3.63) is 29.3 Å². The Hall–Kier alpha value is -0.950. The molecule has 4 atom stereocenters. The normalized spacial score (nSPS) is 50.8. The van der Waals surface area contributed by atoms with E-state index in [1.54, 1.807) is 0 Å². The van der Waals surface area contributed by atoms with Crippen LogP contribution in [0.2, 0.25) is 0 Å². The maximum atomic E-state index is 12.9. The van der Waals surface area contributed by atoms with E-state index in [9.17, 15) is 23.2 Å². The fourth-order valence-electron chi connectivity index (χ4n) is 10.7. The van der Waals surface area contributed by atoms with Crippen LogP contribution < -0.4 is 0 Å². The van der Waals surface area contributed by atoms with E-state index in [1.807, 2.05) is 18.2 Å². The van der Waals surface area contributed by atoms with Crippen molar-refractivity contribution in [2.45, 2.75) is 104 Å². The highest BCUT2D eigenvalue weighted by Gasteiger charge is 2.61. The SMILES string of the molecule is O=S(=O)([O-])c1c(C23CC4CC(CC(O)(C4)C2)C3)cccc1C12CC3CC(CC(O)(C3)C1)C2. The fraction of sp³-hybridized carbons (Fsp3) is 0.769. The number of hydrogen-bond donors (Lipinski definition) is 2. The van der Waals surface area contributed by atoms with Crippen molar-refractivity contribution in [1.29, 1.82) is 0 Å². The van der Waals surface area contributed by atoms with Crippen LogP contribution in [0.4, 0.5) is 0 Å². The molecule has 8 fully saturated rings. The van der Waals surface area contributed by atoms with Crippen LogP contribution in [-0.4, -0.2) is 34.4 Å². The maximum absolute atomic E-state index is 12.9. The summed E-state index contributed by atoms with van der Waals surface area (Å²) in [6.45, 7) is 0. The van der Waals surface area contributed by atoms with E-state index in [1.165, 1.54) is 0 Å². The molecule has 0 saturated heterocycles. The molecule has 0 amide bonds. The zero-order valence-electron chi connectivity index (χ0n) is 18.6. The van der Waals surface area contributed by atoms with Gasteiger partial charge in [0.05, 0.1) is 16.1 Å². The second-order valence-electron chi connectivity index (χ2n) is 13.1. The van der Waals surface area contributed by atoms with Crippen molar-refractivity contribution >= 4 is 10.1 Å². The predicted molar refractivity (Wildman–Crippen MR) is 117 cm³/mol. The molecule has 8 aliphatic carbocycles. The monoisotopic (exact) mass is 457 g/mol. The van der Waals surface area contributed by atoms with Crippen LogP contribution in [0.5, 0.6) is 0 Å². The second-order valence-corrected chi connectivity index (χ2v) is 14.4. The molecule has 0 radical (unpaired) electrons. The lowest BCUT2D eigenvalue weighted by atomic mass is 9.45. The first kappa shape index (κ1) is 20.4. The molecule has 0 aliphatic heterocycles. The molecule has 32 heavy (non-hydrogen) atoms. The molecular formula is C26H33O5S-. The molecule has 1 aromatic rings. The fourth-order valence-corrected chi connectivity index (χ4v) is 11.8. The number of rotatable bonds is 3. The molecule has 6 heteroatoms.